The van der Waals surface area contributed by atoms with Crippen molar-refractivity contribution >= 4 is 43.9 Å². The predicted octanol–water partition coefficient (Wildman–Crippen LogP) is 10.3. The van der Waals surface area contributed by atoms with Gasteiger partial charge in [-0.15, -0.1) is 0 Å². The molecule has 0 saturated carbocycles. The van der Waals surface area contributed by atoms with Gasteiger partial charge in [0.1, 0.15) is 22.3 Å². The second-order valence-electron chi connectivity index (χ2n) is 10.8. The molecule has 0 radical (unpaired) electrons. The van der Waals surface area contributed by atoms with Crippen molar-refractivity contribution in [3.63, 3.8) is 0 Å². The summed E-state index contributed by atoms with van der Waals surface area (Å²) >= 11 is 0. The maximum atomic E-state index is 6.54. The van der Waals surface area contributed by atoms with Gasteiger partial charge in [0, 0.05) is 38.2 Å². The topological polar surface area (TPSA) is 65.0 Å². The summed E-state index contributed by atoms with van der Waals surface area (Å²) in [7, 11) is 0. The van der Waals surface area contributed by atoms with Crippen molar-refractivity contribution in [3.05, 3.63) is 140 Å². The zero-order chi connectivity index (χ0) is 29.0. The molecule has 0 bridgehead atoms. The smallest absolute Gasteiger partial charge is 0.167 e. The van der Waals surface area contributed by atoms with Crippen LogP contribution in [0.4, 0.5) is 0 Å². The third-order valence-electron chi connectivity index (χ3n) is 8.16. The van der Waals surface area contributed by atoms with Gasteiger partial charge in [0.25, 0.3) is 0 Å². The average Bonchev–Trinajstić information content (AvgIpc) is 3.67. The number of para-hydroxylation sites is 3. The van der Waals surface area contributed by atoms with Gasteiger partial charge in [-0.3, -0.25) is 0 Å². The van der Waals surface area contributed by atoms with Crippen LogP contribution in [0.15, 0.2) is 148 Å². The number of fused-ring (bicyclic) bond motifs is 6. The molecule has 206 valence electrons. The molecule has 0 atom stereocenters. The van der Waals surface area contributed by atoms with Crippen molar-refractivity contribution in [1.82, 2.24) is 15.0 Å². The highest BCUT2D eigenvalue weighted by molar-refractivity contribution is 6.15. The minimum atomic E-state index is 0.549. The highest BCUT2D eigenvalue weighted by Gasteiger charge is 2.21. The predicted molar refractivity (Wildman–Crippen MR) is 176 cm³/mol. The van der Waals surface area contributed by atoms with Gasteiger partial charge >= 0.3 is 0 Å². The van der Waals surface area contributed by atoms with Gasteiger partial charge in [-0.05, 0) is 23.8 Å². The fraction of sp³-hybridized carbons (Fsp3) is 0. The highest BCUT2D eigenvalue weighted by Crippen LogP contribution is 2.41. The van der Waals surface area contributed by atoms with Crippen LogP contribution >= 0.6 is 0 Å². The molecule has 5 heteroatoms. The lowest BCUT2D eigenvalue weighted by molar-refractivity contribution is 0.669. The van der Waals surface area contributed by atoms with E-state index in [0.29, 0.717) is 17.5 Å². The van der Waals surface area contributed by atoms with Crippen LogP contribution in [0, 0.1) is 0 Å². The van der Waals surface area contributed by atoms with Crippen LogP contribution in [0.1, 0.15) is 0 Å². The average molecular weight is 566 g/mol. The number of hydrogen-bond donors (Lipinski definition) is 0. The molecule has 0 N–H and O–H groups in total. The molecule has 0 aliphatic heterocycles. The number of aromatic nitrogens is 3. The van der Waals surface area contributed by atoms with Crippen molar-refractivity contribution in [1.29, 1.82) is 0 Å². The zero-order valence-electron chi connectivity index (χ0n) is 23.4. The molecule has 3 aromatic heterocycles. The third-order valence-corrected chi connectivity index (χ3v) is 8.16. The molecule has 0 amide bonds. The number of hydrogen-bond acceptors (Lipinski definition) is 5. The van der Waals surface area contributed by atoms with E-state index in [1.807, 2.05) is 91.0 Å². The fourth-order valence-electron chi connectivity index (χ4n) is 6.14. The number of benzene rings is 6. The second-order valence-corrected chi connectivity index (χ2v) is 10.8. The molecule has 9 aromatic rings. The maximum Gasteiger partial charge on any atom is 0.167 e. The second kappa shape index (κ2) is 9.75. The molecule has 0 aliphatic rings. The van der Waals surface area contributed by atoms with E-state index in [4.69, 9.17) is 23.8 Å². The summed E-state index contributed by atoms with van der Waals surface area (Å²) in [6, 6.07) is 46.9. The molecule has 3 heterocycles. The van der Waals surface area contributed by atoms with Crippen LogP contribution in [-0.2, 0) is 0 Å². The van der Waals surface area contributed by atoms with Crippen LogP contribution < -0.4 is 0 Å². The largest absolute Gasteiger partial charge is 0.455 e. The first-order valence-corrected chi connectivity index (χ1v) is 14.5. The molecule has 0 spiro atoms. The van der Waals surface area contributed by atoms with E-state index in [-0.39, 0.29) is 0 Å². The van der Waals surface area contributed by atoms with Crippen molar-refractivity contribution in [2.75, 3.05) is 0 Å². The molecular formula is C39H23N3O2. The molecule has 0 saturated heterocycles. The minimum Gasteiger partial charge on any atom is -0.455 e. The SMILES string of the molecule is c1ccc(-c2nc(-c3cccc4c3oc3ccccc34)nc(-c3cccc4oc5c(-c6ccccc6)cccc5c34)n2)cc1. The van der Waals surface area contributed by atoms with Crippen LogP contribution in [0.5, 0.6) is 0 Å². The van der Waals surface area contributed by atoms with E-state index < -0.39 is 0 Å². The summed E-state index contributed by atoms with van der Waals surface area (Å²) in [4.78, 5) is 15.2. The van der Waals surface area contributed by atoms with Crippen LogP contribution in [0.25, 0.3) is 89.2 Å². The Balaban J connectivity index is 1.32. The standard InChI is InChI=1S/C39H23N3O2/c1-3-12-24(13-4-1)26-17-9-19-29-34-30(20-11-23-33(34)44-35(26)29)38-40-37(25-14-5-2-6-15-25)41-39(42-38)31-21-10-18-28-27-16-7-8-22-32(27)43-36(28)31/h1-23H. The first kappa shape index (κ1) is 24.5. The molecule has 6 aromatic carbocycles. The lowest BCUT2D eigenvalue weighted by atomic mass is 10.0. The van der Waals surface area contributed by atoms with Gasteiger partial charge in [-0.1, -0.05) is 121 Å². The lowest BCUT2D eigenvalue weighted by Gasteiger charge is -2.09. The highest BCUT2D eigenvalue weighted by atomic mass is 16.3. The van der Waals surface area contributed by atoms with Gasteiger partial charge in [0.2, 0.25) is 0 Å². The Hall–Kier alpha value is -6.07. The van der Waals surface area contributed by atoms with Gasteiger partial charge in [0.05, 0.1) is 5.56 Å². The van der Waals surface area contributed by atoms with Gasteiger partial charge in [-0.2, -0.15) is 0 Å². The van der Waals surface area contributed by atoms with Gasteiger partial charge in [-0.25, -0.2) is 15.0 Å². The monoisotopic (exact) mass is 565 g/mol. The van der Waals surface area contributed by atoms with Crippen LogP contribution in [-0.4, -0.2) is 15.0 Å². The quantitative estimate of drug-likeness (QED) is 0.212. The third kappa shape index (κ3) is 3.83. The summed E-state index contributed by atoms with van der Waals surface area (Å²) in [5, 5.41) is 4.07. The van der Waals surface area contributed by atoms with E-state index in [2.05, 4.69) is 48.5 Å². The molecule has 0 aliphatic carbocycles. The Kier molecular flexibility index (Phi) is 5.43. The van der Waals surface area contributed by atoms with E-state index in [0.717, 1.165) is 71.7 Å². The molecular weight excluding hydrogens is 542 g/mol. The molecule has 44 heavy (non-hydrogen) atoms. The van der Waals surface area contributed by atoms with Crippen molar-refractivity contribution < 1.29 is 8.83 Å². The molecule has 5 nitrogen and oxygen atoms in total. The molecule has 9 rings (SSSR count). The molecule has 0 fully saturated rings. The lowest BCUT2D eigenvalue weighted by Crippen LogP contribution is -2.00. The van der Waals surface area contributed by atoms with Gasteiger partial charge in [0.15, 0.2) is 17.5 Å². The maximum absolute atomic E-state index is 6.54. The Morgan fingerprint density at radius 3 is 1.68 bits per heavy atom. The van der Waals surface area contributed by atoms with E-state index >= 15 is 0 Å². The van der Waals surface area contributed by atoms with Gasteiger partial charge < -0.3 is 8.83 Å². The fourth-order valence-corrected chi connectivity index (χ4v) is 6.14. The number of rotatable bonds is 4. The summed E-state index contributed by atoms with van der Waals surface area (Å²) in [6.07, 6.45) is 0. The zero-order valence-corrected chi connectivity index (χ0v) is 23.4. The first-order valence-electron chi connectivity index (χ1n) is 14.5. The number of furan rings is 2. The van der Waals surface area contributed by atoms with Crippen molar-refractivity contribution in [2.45, 2.75) is 0 Å². The Morgan fingerprint density at radius 2 is 0.864 bits per heavy atom. The Bertz CT molecular complexity index is 2500. The first-order chi connectivity index (χ1) is 21.8. The summed E-state index contributed by atoms with van der Waals surface area (Å²) in [5.41, 5.74) is 7.95. The Morgan fingerprint density at radius 1 is 0.341 bits per heavy atom. The Labute approximate surface area is 252 Å². The van der Waals surface area contributed by atoms with E-state index in [1.165, 1.54) is 0 Å². The number of nitrogens with zero attached hydrogens (tertiary/aromatic N) is 3. The normalized spacial score (nSPS) is 11.6. The van der Waals surface area contributed by atoms with Crippen LogP contribution in [0.3, 0.4) is 0 Å². The van der Waals surface area contributed by atoms with Crippen molar-refractivity contribution in [3.8, 4) is 45.3 Å². The summed E-state index contributed by atoms with van der Waals surface area (Å²) < 4.78 is 12.9. The van der Waals surface area contributed by atoms with Crippen molar-refractivity contribution in [2.24, 2.45) is 0 Å². The molecule has 0 unspecified atom stereocenters. The summed E-state index contributed by atoms with van der Waals surface area (Å²) in [5.74, 6) is 1.71. The van der Waals surface area contributed by atoms with E-state index in [9.17, 15) is 0 Å². The minimum absolute atomic E-state index is 0.549. The summed E-state index contributed by atoms with van der Waals surface area (Å²) in [6.45, 7) is 0. The van der Waals surface area contributed by atoms with Crippen LogP contribution in [0.2, 0.25) is 0 Å². The van der Waals surface area contributed by atoms with E-state index in [1.54, 1.807) is 0 Å².